The average Bonchev–Trinajstić information content (AvgIpc) is 1.85. The topological polar surface area (TPSA) is 38.3 Å². The van der Waals surface area contributed by atoms with E-state index in [9.17, 15) is 4.79 Å². The second-order valence-electron chi connectivity index (χ2n) is 3.29. The van der Waals surface area contributed by atoms with Crippen LogP contribution in [0, 0.1) is 0 Å². The van der Waals surface area contributed by atoms with Crippen LogP contribution in [0.1, 0.15) is 26.7 Å². The highest BCUT2D eigenvalue weighted by molar-refractivity contribution is 5.66. The Morgan fingerprint density at radius 2 is 2.00 bits per heavy atom. The van der Waals surface area contributed by atoms with Gasteiger partial charge >= 0.3 is 5.97 Å². The molecule has 0 amide bonds. The Morgan fingerprint density at radius 1 is 1.45 bits per heavy atom. The number of esters is 1. The van der Waals surface area contributed by atoms with E-state index in [2.05, 4.69) is 5.32 Å². The fourth-order valence-corrected chi connectivity index (χ4v) is 1.40. The summed E-state index contributed by atoms with van der Waals surface area (Å²) in [6, 6.07) is 0. The summed E-state index contributed by atoms with van der Waals surface area (Å²) in [7, 11) is 0. The molecule has 0 saturated carbocycles. The minimum absolute atomic E-state index is 0.172. The van der Waals surface area contributed by atoms with Gasteiger partial charge in [0.25, 0.3) is 0 Å². The van der Waals surface area contributed by atoms with E-state index in [0.717, 1.165) is 25.9 Å². The van der Waals surface area contributed by atoms with E-state index in [1.54, 1.807) is 0 Å². The van der Waals surface area contributed by atoms with Crippen molar-refractivity contribution in [3.8, 4) is 0 Å². The molecule has 1 aliphatic heterocycles. The fraction of sp³-hybridized carbons (Fsp3) is 0.875. The number of nitrogens with one attached hydrogen (secondary N) is 1. The molecule has 0 atom stereocenters. The highest BCUT2D eigenvalue weighted by Crippen LogP contribution is 2.21. The summed E-state index contributed by atoms with van der Waals surface area (Å²) in [4.78, 5) is 10.7. The van der Waals surface area contributed by atoms with Crippen LogP contribution in [0.3, 0.4) is 0 Å². The van der Waals surface area contributed by atoms with Crippen LogP contribution >= 0.6 is 0 Å². The molecule has 3 heteroatoms. The molecule has 1 rings (SSSR count). The minimum atomic E-state index is -0.211. The van der Waals surface area contributed by atoms with Crippen molar-refractivity contribution in [2.75, 3.05) is 13.1 Å². The molecule has 64 valence electrons. The average molecular weight is 157 g/mol. The smallest absolute Gasteiger partial charge is 0.303 e. The predicted molar refractivity (Wildman–Crippen MR) is 42.3 cm³/mol. The van der Waals surface area contributed by atoms with Crippen molar-refractivity contribution in [2.24, 2.45) is 0 Å². The first kappa shape index (κ1) is 8.53. The SMILES string of the molecule is CC(=O)OC1(C)CCNCC1. The van der Waals surface area contributed by atoms with E-state index in [4.69, 9.17) is 4.74 Å². The van der Waals surface area contributed by atoms with Crippen molar-refractivity contribution >= 4 is 5.97 Å². The summed E-state index contributed by atoms with van der Waals surface area (Å²) in [5.74, 6) is -0.172. The number of hydrogen-bond donors (Lipinski definition) is 1. The van der Waals surface area contributed by atoms with E-state index in [1.165, 1.54) is 6.92 Å². The van der Waals surface area contributed by atoms with Crippen LogP contribution in [0.5, 0.6) is 0 Å². The van der Waals surface area contributed by atoms with Crippen molar-refractivity contribution in [2.45, 2.75) is 32.3 Å². The number of carbonyl (C=O) groups excluding carboxylic acids is 1. The molecule has 3 nitrogen and oxygen atoms in total. The third-order valence-corrected chi connectivity index (χ3v) is 2.05. The molecule has 0 aromatic heterocycles. The monoisotopic (exact) mass is 157 g/mol. The minimum Gasteiger partial charge on any atom is -0.459 e. The van der Waals surface area contributed by atoms with Crippen LogP contribution in [0.15, 0.2) is 0 Å². The Kier molecular flexibility index (Phi) is 2.49. The van der Waals surface area contributed by atoms with Gasteiger partial charge < -0.3 is 10.1 Å². The highest BCUT2D eigenvalue weighted by atomic mass is 16.6. The zero-order chi connectivity index (χ0) is 8.32. The van der Waals surface area contributed by atoms with Crippen molar-refractivity contribution in [3.05, 3.63) is 0 Å². The van der Waals surface area contributed by atoms with Crippen LogP contribution in [0.4, 0.5) is 0 Å². The molecule has 1 fully saturated rings. The van der Waals surface area contributed by atoms with Crippen molar-refractivity contribution < 1.29 is 9.53 Å². The van der Waals surface area contributed by atoms with Gasteiger partial charge in [-0.25, -0.2) is 0 Å². The van der Waals surface area contributed by atoms with Crippen LogP contribution in [0.25, 0.3) is 0 Å². The molecular formula is C8H15NO2. The fourth-order valence-electron chi connectivity index (χ4n) is 1.40. The van der Waals surface area contributed by atoms with Crippen LogP contribution in [-0.2, 0) is 9.53 Å². The first-order chi connectivity index (χ1) is 5.12. The summed E-state index contributed by atoms with van der Waals surface area (Å²) >= 11 is 0. The summed E-state index contributed by atoms with van der Waals surface area (Å²) < 4.78 is 5.20. The Morgan fingerprint density at radius 3 is 2.45 bits per heavy atom. The van der Waals surface area contributed by atoms with Gasteiger partial charge in [0.1, 0.15) is 5.60 Å². The van der Waals surface area contributed by atoms with Crippen LogP contribution in [0.2, 0.25) is 0 Å². The molecule has 0 bridgehead atoms. The number of hydrogen-bond acceptors (Lipinski definition) is 3. The van der Waals surface area contributed by atoms with Crippen molar-refractivity contribution in [1.29, 1.82) is 0 Å². The lowest BCUT2D eigenvalue weighted by molar-refractivity contribution is -0.157. The molecule has 0 aliphatic carbocycles. The largest absolute Gasteiger partial charge is 0.459 e. The molecule has 1 aliphatic rings. The first-order valence-electron chi connectivity index (χ1n) is 4.03. The van der Waals surface area contributed by atoms with Crippen molar-refractivity contribution in [1.82, 2.24) is 5.32 Å². The van der Waals surface area contributed by atoms with Crippen molar-refractivity contribution in [3.63, 3.8) is 0 Å². The van der Waals surface area contributed by atoms with Gasteiger partial charge in [0.05, 0.1) is 0 Å². The van der Waals surface area contributed by atoms with E-state index in [1.807, 2.05) is 6.92 Å². The molecule has 0 aromatic rings. The third-order valence-electron chi connectivity index (χ3n) is 2.05. The number of piperidine rings is 1. The standard InChI is InChI=1S/C8H15NO2/c1-7(10)11-8(2)3-5-9-6-4-8/h9H,3-6H2,1-2H3. The predicted octanol–water partition coefficient (Wildman–Crippen LogP) is 0.692. The summed E-state index contributed by atoms with van der Waals surface area (Å²) in [6.07, 6.45) is 1.85. The Bertz CT molecular complexity index is 150. The number of ether oxygens (including phenoxy) is 1. The molecule has 0 aromatic carbocycles. The molecular weight excluding hydrogens is 142 g/mol. The summed E-state index contributed by atoms with van der Waals surface area (Å²) in [6.45, 7) is 5.36. The van der Waals surface area contributed by atoms with E-state index >= 15 is 0 Å². The van der Waals surface area contributed by atoms with Gasteiger partial charge in [-0.1, -0.05) is 0 Å². The number of rotatable bonds is 1. The van der Waals surface area contributed by atoms with E-state index in [-0.39, 0.29) is 11.6 Å². The molecule has 1 N–H and O–H groups in total. The van der Waals surface area contributed by atoms with Gasteiger partial charge in [0.2, 0.25) is 0 Å². The molecule has 0 unspecified atom stereocenters. The van der Waals surface area contributed by atoms with Gasteiger partial charge in [-0.3, -0.25) is 4.79 Å². The maximum Gasteiger partial charge on any atom is 0.303 e. The highest BCUT2D eigenvalue weighted by Gasteiger charge is 2.29. The second kappa shape index (κ2) is 3.22. The Balaban J connectivity index is 2.43. The normalized spacial score (nSPS) is 22.7. The van der Waals surface area contributed by atoms with Gasteiger partial charge in [0, 0.05) is 6.92 Å². The third kappa shape index (κ3) is 2.50. The zero-order valence-corrected chi connectivity index (χ0v) is 7.14. The Labute approximate surface area is 67.1 Å². The lowest BCUT2D eigenvalue weighted by Gasteiger charge is -2.33. The molecule has 0 spiro atoms. The number of carbonyl (C=O) groups is 1. The molecule has 1 heterocycles. The van der Waals surface area contributed by atoms with E-state index < -0.39 is 0 Å². The van der Waals surface area contributed by atoms with Gasteiger partial charge in [0.15, 0.2) is 0 Å². The maximum absolute atomic E-state index is 10.7. The van der Waals surface area contributed by atoms with Gasteiger partial charge in [-0.05, 0) is 32.9 Å². The van der Waals surface area contributed by atoms with Gasteiger partial charge in [-0.2, -0.15) is 0 Å². The zero-order valence-electron chi connectivity index (χ0n) is 7.14. The lowest BCUT2D eigenvalue weighted by Crippen LogP contribution is -2.42. The summed E-state index contributed by atoms with van der Waals surface area (Å²) in [5, 5.41) is 3.22. The summed E-state index contributed by atoms with van der Waals surface area (Å²) in [5.41, 5.74) is -0.211. The van der Waals surface area contributed by atoms with Gasteiger partial charge in [-0.15, -0.1) is 0 Å². The molecule has 11 heavy (non-hydrogen) atoms. The maximum atomic E-state index is 10.7. The Hall–Kier alpha value is -0.570. The molecule has 1 saturated heterocycles. The van der Waals surface area contributed by atoms with Crippen LogP contribution < -0.4 is 5.32 Å². The second-order valence-corrected chi connectivity index (χ2v) is 3.29. The van der Waals surface area contributed by atoms with E-state index in [0.29, 0.717) is 0 Å². The molecule has 0 radical (unpaired) electrons. The first-order valence-corrected chi connectivity index (χ1v) is 4.03. The van der Waals surface area contributed by atoms with Crippen LogP contribution in [-0.4, -0.2) is 24.7 Å². The lowest BCUT2D eigenvalue weighted by atomic mass is 9.95. The quantitative estimate of drug-likeness (QED) is 0.569.